The Bertz CT molecular complexity index is 883. The lowest BCUT2D eigenvalue weighted by atomic mass is 10.0. The van der Waals surface area contributed by atoms with Gasteiger partial charge in [0.2, 0.25) is 0 Å². The van der Waals surface area contributed by atoms with Crippen molar-refractivity contribution in [2.45, 2.75) is 6.92 Å². The van der Waals surface area contributed by atoms with Crippen molar-refractivity contribution in [1.29, 1.82) is 0 Å². The Kier molecular flexibility index (Phi) is 5.38. The van der Waals surface area contributed by atoms with E-state index in [4.69, 9.17) is 0 Å². The van der Waals surface area contributed by atoms with Crippen LogP contribution in [0.3, 0.4) is 0 Å². The van der Waals surface area contributed by atoms with Crippen LogP contribution in [0.5, 0.6) is 0 Å². The summed E-state index contributed by atoms with van der Waals surface area (Å²) >= 11 is 0. The smallest absolute Gasteiger partial charge is 0.178 e. The van der Waals surface area contributed by atoms with Crippen LogP contribution < -0.4 is 0 Å². The Balaban J connectivity index is 1.63. The number of ketones is 1. The number of hydrogen-bond donors (Lipinski definition) is 0. The van der Waals surface area contributed by atoms with Gasteiger partial charge in [-0.3, -0.25) is 4.79 Å². The van der Waals surface area contributed by atoms with Gasteiger partial charge in [-0.05, 0) is 41.3 Å². The first kappa shape index (κ1) is 16.7. The lowest BCUT2D eigenvalue weighted by Gasteiger charge is -2.01. The van der Waals surface area contributed by atoms with Gasteiger partial charge in [0.1, 0.15) is 0 Å². The van der Waals surface area contributed by atoms with E-state index in [2.05, 4.69) is 24.3 Å². The fourth-order valence-electron chi connectivity index (χ4n) is 2.51. The molecule has 3 rings (SSSR count). The maximum absolute atomic E-state index is 12.0. The average Bonchev–Trinajstić information content (AvgIpc) is 2.67. The van der Waals surface area contributed by atoms with Gasteiger partial charge in [0, 0.05) is 0 Å². The van der Waals surface area contributed by atoms with Gasteiger partial charge in [0.15, 0.2) is 5.78 Å². The molecule has 1 heteroatoms. The van der Waals surface area contributed by atoms with Gasteiger partial charge in [0.25, 0.3) is 0 Å². The number of hydrogen-bond acceptors (Lipinski definition) is 1. The molecule has 0 N–H and O–H groups in total. The molecule has 0 aliphatic rings. The first-order valence-corrected chi connectivity index (χ1v) is 8.33. The third-order valence-corrected chi connectivity index (χ3v) is 3.98. The summed E-state index contributed by atoms with van der Waals surface area (Å²) < 4.78 is 0. The van der Waals surface area contributed by atoms with E-state index in [9.17, 15) is 4.79 Å². The molecule has 0 atom stereocenters. The normalized spacial score (nSPS) is 11.2. The lowest BCUT2D eigenvalue weighted by molar-refractivity contribution is -0.110. The zero-order valence-electron chi connectivity index (χ0n) is 14.2. The van der Waals surface area contributed by atoms with Gasteiger partial charge >= 0.3 is 0 Å². The largest absolute Gasteiger partial charge is 0.290 e. The van der Waals surface area contributed by atoms with Crippen molar-refractivity contribution in [2.24, 2.45) is 0 Å². The van der Waals surface area contributed by atoms with E-state index in [-0.39, 0.29) is 5.78 Å². The quantitative estimate of drug-likeness (QED) is 0.529. The summed E-state index contributed by atoms with van der Waals surface area (Å²) in [5.41, 5.74) is 5.61. The fraction of sp³-hybridized carbons (Fsp3) is 0.0417. The topological polar surface area (TPSA) is 17.1 Å². The van der Waals surface area contributed by atoms with Crippen molar-refractivity contribution < 1.29 is 4.79 Å². The van der Waals surface area contributed by atoms with Crippen LogP contribution in [0.2, 0.25) is 0 Å². The predicted octanol–water partition coefficient (Wildman–Crippen LogP) is 5.96. The third kappa shape index (κ3) is 4.89. The molecule has 122 valence electrons. The fourth-order valence-corrected chi connectivity index (χ4v) is 2.51. The Morgan fingerprint density at radius 3 is 1.68 bits per heavy atom. The molecule has 0 saturated carbocycles. The summed E-state index contributed by atoms with van der Waals surface area (Å²) in [5.74, 6) is -0.0206. The number of benzene rings is 3. The maximum atomic E-state index is 12.0. The molecule has 0 aromatic heterocycles. The number of allylic oxidation sites excluding steroid dienone is 2. The Morgan fingerprint density at radius 1 is 0.640 bits per heavy atom. The number of rotatable bonds is 5. The highest BCUT2D eigenvalue weighted by molar-refractivity contribution is 6.04. The highest BCUT2D eigenvalue weighted by atomic mass is 16.1. The second-order valence-electron chi connectivity index (χ2n) is 5.97. The van der Waals surface area contributed by atoms with Crippen molar-refractivity contribution in [3.8, 4) is 11.1 Å². The highest BCUT2D eigenvalue weighted by Crippen LogP contribution is 2.19. The second kappa shape index (κ2) is 8.07. The van der Waals surface area contributed by atoms with Gasteiger partial charge in [-0.15, -0.1) is 0 Å². The molecule has 0 saturated heterocycles. The van der Waals surface area contributed by atoms with Gasteiger partial charge in [-0.25, -0.2) is 0 Å². The van der Waals surface area contributed by atoms with Crippen LogP contribution in [-0.2, 0) is 4.79 Å². The molecule has 0 aliphatic heterocycles. The standard InChI is InChI=1S/C24H20O/c1-19-7-9-20(10-8-19)13-17-24(25)18-14-21-11-15-23(16-12-21)22-5-3-2-4-6-22/h2-18H,1H3. The van der Waals surface area contributed by atoms with Crippen LogP contribution in [-0.4, -0.2) is 5.78 Å². The summed E-state index contributed by atoms with van der Waals surface area (Å²) in [5, 5.41) is 0. The Labute approximate surface area is 149 Å². The van der Waals surface area contributed by atoms with Crippen LogP contribution >= 0.6 is 0 Å². The highest BCUT2D eigenvalue weighted by Gasteiger charge is 1.96. The van der Waals surface area contributed by atoms with Gasteiger partial charge in [-0.1, -0.05) is 96.6 Å². The molecule has 0 radical (unpaired) electrons. The molecule has 0 spiro atoms. The summed E-state index contributed by atoms with van der Waals surface area (Å²) in [7, 11) is 0. The monoisotopic (exact) mass is 324 g/mol. The second-order valence-corrected chi connectivity index (χ2v) is 5.97. The van der Waals surface area contributed by atoms with Gasteiger partial charge in [0.05, 0.1) is 0 Å². The van der Waals surface area contributed by atoms with Crippen LogP contribution in [0.15, 0.2) is 91.0 Å². The molecule has 0 heterocycles. The van der Waals surface area contributed by atoms with E-state index in [1.165, 1.54) is 16.7 Å². The van der Waals surface area contributed by atoms with Crippen LogP contribution in [0.4, 0.5) is 0 Å². The zero-order chi connectivity index (χ0) is 17.5. The van der Waals surface area contributed by atoms with Crippen LogP contribution in [0.25, 0.3) is 23.3 Å². The molecule has 3 aromatic rings. The summed E-state index contributed by atoms with van der Waals surface area (Å²) in [6, 6.07) is 26.5. The SMILES string of the molecule is Cc1ccc(C=CC(=O)C=Cc2ccc(-c3ccccc3)cc2)cc1. The molecule has 0 amide bonds. The van der Waals surface area contributed by atoms with Crippen LogP contribution in [0.1, 0.15) is 16.7 Å². The van der Waals surface area contributed by atoms with Crippen molar-refractivity contribution in [1.82, 2.24) is 0 Å². The summed E-state index contributed by atoms with van der Waals surface area (Å²) in [6.45, 7) is 2.05. The van der Waals surface area contributed by atoms with E-state index in [1.54, 1.807) is 12.2 Å². The van der Waals surface area contributed by atoms with Crippen molar-refractivity contribution in [3.63, 3.8) is 0 Å². The average molecular weight is 324 g/mol. The Morgan fingerprint density at radius 2 is 1.12 bits per heavy atom. The molecular formula is C24H20O. The molecular weight excluding hydrogens is 304 g/mol. The van der Waals surface area contributed by atoms with Crippen LogP contribution in [0, 0.1) is 6.92 Å². The van der Waals surface area contributed by atoms with Gasteiger partial charge in [-0.2, -0.15) is 0 Å². The van der Waals surface area contributed by atoms with Crippen molar-refractivity contribution in [2.75, 3.05) is 0 Å². The lowest BCUT2D eigenvalue weighted by Crippen LogP contribution is -1.85. The molecule has 0 bridgehead atoms. The summed E-state index contributed by atoms with van der Waals surface area (Å²) in [4.78, 5) is 12.0. The minimum Gasteiger partial charge on any atom is -0.290 e. The van der Waals surface area contributed by atoms with E-state index in [1.807, 2.05) is 73.7 Å². The Hall–Kier alpha value is -3.19. The molecule has 25 heavy (non-hydrogen) atoms. The maximum Gasteiger partial charge on any atom is 0.178 e. The number of carbonyl (C=O) groups is 1. The zero-order valence-corrected chi connectivity index (χ0v) is 14.2. The minimum absolute atomic E-state index is 0.0206. The number of aryl methyl sites for hydroxylation is 1. The molecule has 1 nitrogen and oxygen atoms in total. The third-order valence-electron chi connectivity index (χ3n) is 3.98. The molecule has 0 aliphatic carbocycles. The molecule has 3 aromatic carbocycles. The molecule has 0 fully saturated rings. The molecule has 0 unspecified atom stereocenters. The van der Waals surface area contributed by atoms with E-state index >= 15 is 0 Å². The summed E-state index contributed by atoms with van der Waals surface area (Å²) in [6.07, 6.45) is 6.88. The number of carbonyl (C=O) groups excluding carboxylic acids is 1. The van der Waals surface area contributed by atoms with Crippen molar-refractivity contribution >= 4 is 17.9 Å². The van der Waals surface area contributed by atoms with E-state index in [0.29, 0.717) is 0 Å². The first-order chi connectivity index (χ1) is 12.2. The van der Waals surface area contributed by atoms with Gasteiger partial charge < -0.3 is 0 Å². The predicted molar refractivity (Wildman–Crippen MR) is 106 cm³/mol. The first-order valence-electron chi connectivity index (χ1n) is 8.33. The van der Waals surface area contributed by atoms with Crippen molar-refractivity contribution in [3.05, 3.63) is 108 Å². The van der Waals surface area contributed by atoms with E-state index in [0.717, 1.165) is 11.1 Å². The minimum atomic E-state index is -0.0206. The van der Waals surface area contributed by atoms with E-state index < -0.39 is 0 Å².